The average molecular weight is 206 g/mol. The van der Waals surface area contributed by atoms with E-state index in [1.165, 1.54) is 5.56 Å². The normalized spacial score (nSPS) is 25.7. The van der Waals surface area contributed by atoms with Gasteiger partial charge in [0.1, 0.15) is 0 Å². The van der Waals surface area contributed by atoms with E-state index in [0.29, 0.717) is 25.3 Å². The maximum absolute atomic E-state index is 5.80. The smallest absolute Gasteiger partial charge is 0.0721 e. The molecule has 1 saturated heterocycles. The van der Waals surface area contributed by atoms with Gasteiger partial charge in [-0.3, -0.25) is 0 Å². The first-order valence-corrected chi connectivity index (χ1v) is 5.47. The van der Waals surface area contributed by atoms with Crippen LogP contribution in [-0.2, 0) is 11.3 Å². The van der Waals surface area contributed by atoms with Gasteiger partial charge >= 0.3 is 0 Å². The number of hydrogen-bond acceptors (Lipinski definition) is 3. The van der Waals surface area contributed by atoms with Gasteiger partial charge in [0.25, 0.3) is 0 Å². The molecule has 0 saturated carbocycles. The molecule has 2 rings (SSSR count). The van der Waals surface area contributed by atoms with Crippen molar-refractivity contribution in [2.45, 2.75) is 25.2 Å². The molecule has 0 aromatic heterocycles. The molecule has 3 nitrogen and oxygen atoms in total. The van der Waals surface area contributed by atoms with Crippen molar-refractivity contribution in [2.24, 2.45) is 5.73 Å². The van der Waals surface area contributed by atoms with Gasteiger partial charge in [0.2, 0.25) is 0 Å². The zero-order chi connectivity index (χ0) is 10.5. The van der Waals surface area contributed by atoms with Crippen molar-refractivity contribution in [3.05, 3.63) is 35.9 Å². The minimum absolute atomic E-state index is 0.318. The molecular formula is C12H18N2O. The van der Waals surface area contributed by atoms with Crippen LogP contribution in [0, 0.1) is 0 Å². The van der Waals surface area contributed by atoms with Gasteiger partial charge in [-0.25, -0.2) is 0 Å². The van der Waals surface area contributed by atoms with E-state index < -0.39 is 0 Å². The molecule has 2 unspecified atom stereocenters. The minimum Gasteiger partial charge on any atom is -0.372 e. The second kappa shape index (κ2) is 5.26. The summed E-state index contributed by atoms with van der Waals surface area (Å²) in [5.41, 5.74) is 6.82. The molecule has 1 aromatic rings. The predicted octanol–water partition coefficient (Wildman–Crippen LogP) is 0.892. The molecule has 3 N–H and O–H groups in total. The Morgan fingerprint density at radius 3 is 2.80 bits per heavy atom. The van der Waals surface area contributed by atoms with Crippen LogP contribution in [-0.4, -0.2) is 25.2 Å². The zero-order valence-electron chi connectivity index (χ0n) is 8.86. The number of nitrogens with two attached hydrogens (primary N) is 1. The van der Waals surface area contributed by atoms with Crippen molar-refractivity contribution in [3.63, 3.8) is 0 Å². The summed E-state index contributed by atoms with van der Waals surface area (Å²) < 4.78 is 5.80. The maximum Gasteiger partial charge on any atom is 0.0721 e. The van der Waals surface area contributed by atoms with Gasteiger partial charge < -0.3 is 15.8 Å². The van der Waals surface area contributed by atoms with Gasteiger partial charge in [-0.1, -0.05) is 30.3 Å². The van der Waals surface area contributed by atoms with Crippen molar-refractivity contribution < 1.29 is 4.74 Å². The molecular weight excluding hydrogens is 188 g/mol. The van der Waals surface area contributed by atoms with Crippen LogP contribution >= 0.6 is 0 Å². The molecule has 0 bridgehead atoms. The molecule has 82 valence electrons. The lowest BCUT2D eigenvalue weighted by atomic mass is 10.2. The van der Waals surface area contributed by atoms with Gasteiger partial charge in [0.05, 0.1) is 12.7 Å². The maximum atomic E-state index is 5.80. The molecule has 0 amide bonds. The van der Waals surface area contributed by atoms with Gasteiger partial charge in [-0.05, 0) is 12.0 Å². The fourth-order valence-electron chi connectivity index (χ4n) is 1.88. The minimum atomic E-state index is 0.318. The van der Waals surface area contributed by atoms with Crippen molar-refractivity contribution in [3.8, 4) is 0 Å². The van der Waals surface area contributed by atoms with Gasteiger partial charge in [-0.15, -0.1) is 0 Å². The van der Waals surface area contributed by atoms with Crippen LogP contribution in [0.4, 0.5) is 0 Å². The number of hydrogen-bond donors (Lipinski definition) is 2. The van der Waals surface area contributed by atoms with E-state index in [2.05, 4.69) is 17.4 Å². The van der Waals surface area contributed by atoms with Crippen molar-refractivity contribution in [1.82, 2.24) is 5.32 Å². The summed E-state index contributed by atoms with van der Waals surface area (Å²) in [5, 5.41) is 3.34. The van der Waals surface area contributed by atoms with E-state index in [9.17, 15) is 0 Å². The summed E-state index contributed by atoms with van der Waals surface area (Å²) in [5.74, 6) is 0. The standard InChI is InChI=1S/C12H18N2O/c13-7-11-6-12(8-14-11)15-9-10-4-2-1-3-5-10/h1-5,11-12,14H,6-9,13H2. The Labute approximate surface area is 90.6 Å². The van der Waals surface area contributed by atoms with Gasteiger partial charge in [0, 0.05) is 19.1 Å². The summed E-state index contributed by atoms with van der Waals surface area (Å²) in [7, 11) is 0. The van der Waals surface area contributed by atoms with Crippen molar-refractivity contribution in [2.75, 3.05) is 13.1 Å². The van der Waals surface area contributed by atoms with E-state index >= 15 is 0 Å². The van der Waals surface area contributed by atoms with Crippen LogP contribution in [0.5, 0.6) is 0 Å². The Morgan fingerprint density at radius 2 is 2.13 bits per heavy atom. The molecule has 1 aliphatic rings. The molecule has 1 fully saturated rings. The second-order valence-corrected chi connectivity index (χ2v) is 4.00. The third-order valence-electron chi connectivity index (χ3n) is 2.79. The average Bonchev–Trinajstić information content (AvgIpc) is 2.76. The Bertz CT molecular complexity index is 289. The molecule has 15 heavy (non-hydrogen) atoms. The molecule has 2 atom stereocenters. The Hall–Kier alpha value is -0.900. The summed E-state index contributed by atoms with van der Waals surface area (Å²) in [6.07, 6.45) is 1.35. The highest BCUT2D eigenvalue weighted by Gasteiger charge is 2.23. The lowest BCUT2D eigenvalue weighted by Gasteiger charge is -2.10. The lowest BCUT2D eigenvalue weighted by molar-refractivity contribution is 0.0527. The molecule has 0 aliphatic carbocycles. The molecule has 3 heteroatoms. The molecule has 1 aliphatic heterocycles. The predicted molar refractivity (Wildman–Crippen MR) is 60.5 cm³/mol. The van der Waals surface area contributed by atoms with Crippen LogP contribution in [0.15, 0.2) is 30.3 Å². The molecule has 1 heterocycles. The summed E-state index contributed by atoms with van der Waals surface area (Å²) >= 11 is 0. The van der Waals surface area contributed by atoms with Crippen LogP contribution in [0.25, 0.3) is 0 Å². The highest BCUT2D eigenvalue weighted by Crippen LogP contribution is 2.12. The van der Waals surface area contributed by atoms with Crippen molar-refractivity contribution >= 4 is 0 Å². The van der Waals surface area contributed by atoms with Crippen LogP contribution in [0.1, 0.15) is 12.0 Å². The van der Waals surface area contributed by atoms with E-state index in [0.717, 1.165) is 13.0 Å². The first kappa shape index (κ1) is 10.6. The highest BCUT2D eigenvalue weighted by molar-refractivity contribution is 5.13. The largest absolute Gasteiger partial charge is 0.372 e. The van der Waals surface area contributed by atoms with E-state index in [1.807, 2.05) is 18.2 Å². The van der Waals surface area contributed by atoms with E-state index in [-0.39, 0.29) is 0 Å². The van der Waals surface area contributed by atoms with Crippen molar-refractivity contribution in [1.29, 1.82) is 0 Å². The third-order valence-corrected chi connectivity index (χ3v) is 2.79. The number of rotatable bonds is 4. The fraction of sp³-hybridized carbons (Fsp3) is 0.500. The first-order valence-electron chi connectivity index (χ1n) is 5.47. The van der Waals surface area contributed by atoms with Gasteiger partial charge in [0.15, 0.2) is 0 Å². The SMILES string of the molecule is NCC1CC(OCc2ccccc2)CN1. The summed E-state index contributed by atoms with van der Waals surface area (Å²) in [6.45, 7) is 2.32. The van der Waals surface area contributed by atoms with Gasteiger partial charge in [-0.2, -0.15) is 0 Å². The first-order chi connectivity index (χ1) is 7.38. The van der Waals surface area contributed by atoms with E-state index in [1.54, 1.807) is 0 Å². The fourth-order valence-corrected chi connectivity index (χ4v) is 1.88. The molecule has 0 radical (unpaired) electrons. The zero-order valence-corrected chi connectivity index (χ0v) is 8.86. The molecule has 1 aromatic carbocycles. The van der Waals surface area contributed by atoms with Crippen LogP contribution in [0.2, 0.25) is 0 Å². The summed E-state index contributed by atoms with van der Waals surface area (Å²) in [6, 6.07) is 10.7. The van der Waals surface area contributed by atoms with Crippen LogP contribution in [0.3, 0.4) is 0 Å². The highest BCUT2D eigenvalue weighted by atomic mass is 16.5. The Morgan fingerprint density at radius 1 is 1.33 bits per heavy atom. The summed E-state index contributed by atoms with van der Waals surface area (Å²) in [4.78, 5) is 0. The monoisotopic (exact) mass is 206 g/mol. The number of ether oxygens (including phenoxy) is 1. The van der Waals surface area contributed by atoms with Crippen LogP contribution < -0.4 is 11.1 Å². The topological polar surface area (TPSA) is 47.3 Å². The quantitative estimate of drug-likeness (QED) is 0.769. The number of nitrogens with one attached hydrogen (secondary N) is 1. The third kappa shape index (κ3) is 3.02. The number of benzene rings is 1. The lowest BCUT2D eigenvalue weighted by Crippen LogP contribution is -2.29. The Balaban J connectivity index is 1.75. The Kier molecular flexibility index (Phi) is 3.72. The molecule has 0 spiro atoms. The van der Waals surface area contributed by atoms with E-state index in [4.69, 9.17) is 10.5 Å². The second-order valence-electron chi connectivity index (χ2n) is 4.00.